The van der Waals surface area contributed by atoms with E-state index < -0.39 is 0 Å². The molecule has 0 fully saturated rings. The third-order valence-corrected chi connectivity index (χ3v) is 3.45. The van der Waals surface area contributed by atoms with Crippen molar-refractivity contribution in [2.45, 2.75) is 33.7 Å². The Morgan fingerprint density at radius 1 is 1.24 bits per heavy atom. The van der Waals surface area contributed by atoms with Gasteiger partial charge in [-0.25, -0.2) is 0 Å². The summed E-state index contributed by atoms with van der Waals surface area (Å²) in [5.41, 5.74) is 11.4. The summed E-state index contributed by atoms with van der Waals surface area (Å²) in [6.07, 6.45) is 0. The van der Waals surface area contributed by atoms with Gasteiger partial charge in [0.15, 0.2) is 0 Å². The normalized spacial score (nSPS) is 12.7. The maximum Gasteiger partial charge on any atom is 0.0744 e. The molecule has 0 aliphatic carbocycles. The Bertz CT molecular complexity index is 540. The van der Waals surface area contributed by atoms with Crippen LogP contribution in [0.2, 0.25) is 0 Å². The standard InChI is InChI=1S/C14H19N3/c1-9-10(2)16-17(11(9)3)12(4)13-6-5-7-14(15)8-13/h5-8,12H,15H2,1-4H3. The first-order chi connectivity index (χ1) is 8.00. The molecule has 0 spiro atoms. The summed E-state index contributed by atoms with van der Waals surface area (Å²) in [4.78, 5) is 0. The highest BCUT2D eigenvalue weighted by atomic mass is 15.3. The number of aromatic nitrogens is 2. The van der Waals surface area contributed by atoms with E-state index in [1.807, 2.05) is 25.1 Å². The second kappa shape index (κ2) is 4.24. The number of nitrogens with zero attached hydrogens (tertiary/aromatic N) is 2. The highest BCUT2D eigenvalue weighted by molar-refractivity contribution is 5.42. The van der Waals surface area contributed by atoms with Gasteiger partial charge in [-0.05, 0) is 51.0 Å². The van der Waals surface area contributed by atoms with Gasteiger partial charge in [0.2, 0.25) is 0 Å². The molecule has 0 aliphatic rings. The van der Waals surface area contributed by atoms with E-state index in [4.69, 9.17) is 5.73 Å². The lowest BCUT2D eigenvalue weighted by Gasteiger charge is -2.15. The molecule has 2 rings (SSSR count). The van der Waals surface area contributed by atoms with E-state index in [1.54, 1.807) is 0 Å². The minimum atomic E-state index is 0.214. The largest absolute Gasteiger partial charge is 0.399 e. The van der Waals surface area contributed by atoms with Crippen LogP contribution < -0.4 is 5.73 Å². The average Bonchev–Trinajstić information content (AvgIpc) is 2.56. The number of anilines is 1. The number of nitrogens with two attached hydrogens (primary N) is 1. The Balaban J connectivity index is 2.43. The minimum absolute atomic E-state index is 0.214. The van der Waals surface area contributed by atoms with Gasteiger partial charge >= 0.3 is 0 Å². The first kappa shape index (κ1) is 11.7. The van der Waals surface area contributed by atoms with Gasteiger partial charge in [-0.1, -0.05) is 12.1 Å². The van der Waals surface area contributed by atoms with E-state index in [1.165, 1.54) is 16.8 Å². The molecule has 0 bridgehead atoms. The van der Waals surface area contributed by atoms with E-state index in [2.05, 4.69) is 36.6 Å². The van der Waals surface area contributed by atoms with Crippen molar-refractivity contribution in [2.24, 2.45) is 0 Å². The third-order valence-electron chi connectivity index (χ3n) is 3.45. The lowest BCUT2D eigenvalue weighted by Crippen LogP contribution is -2.10. The molecule has 1 atom stereocenters. The number of rotatable bonds is 2. The Hall–Kier alpha value is -1.77. The van der Waals surface area contributed by atoms with Gasteiger partial charge in [-0.2, -0.15) is 5.10 Å². The topological polar surface area (TPSA) is 43.8 Å². The second-order valence-corrected chi connectivity index (χ2v) is 4.59. The number of nitrogen functional groups attached to an aromatic ring is 1. The molecular formula is C14H19N3. The molecule has 0 aliphatic heterocycles. The molecule has 0 saturated carbocycles. The quantitative estimate of drug-likeness (QED) is 0.804. The zero-order chi connectivity index (χ0) is 12.6. The van der Waals surface area contributed by atoms with Crippen molar-refractivity contribution in [2.75, 3.05) is 5.73 Å². The van der Waals surface area contributed by atoms with Crippen LogP contribution >= 0.6 is 0 Å². The van der Waals surface area contributed by atoms with Gasteiger partial charge in [0, 0.05) is 11.4 Å². The molecule has 0 radical (unpaired) electrons. The van der Waals surface area contributed by atoms with Crippen molar-refractivity contribution in [3.8, 4) is 0 Å². The van der Waals surface area contributed by atoms with Crippen LogP contribution in [0.5, 0.6) is 0 Å². The van der Waals surface area contributed by atoms with Crippen molar-refractivity contribution in [1.82, 2.24) is 9.78 Å². The molecule has 1 heterocycles. The van der Waals surface area contributed by atoms with E-state index in [-0.39, 0.29) is 6.04 Å². The summed E-state index contributed by atoms with van der Waals surface area (Å²) in [5.74, 6) is 0. The van der Waals surface area contributed by atoms with Crippen LogP contribution in [0, 0.1) is 20.8 Å². The van der Waals surface area contributed by atoms with E-state index in [0.29, 0.717) is 0 Å². The van der Waals surface area contributed by atoms with E-state index in [9.17, 15) is 0 Å². The Morgan fingerprint density at radius 3 is 2.47 bits per heavy atom. The summed E-state index contributed by atoms with van der Waals surface area (Å²) in [5, 5.41) is 4.59. The SMILES string of the molecule is Cc1nn(C(C)c2cccc(N)c2)c(C)c1C. The molecule has 17 heavy (non-hydrogen) atoms. The van der Waals surface area contributed by atoms with Crippen LogP contribution in [-0.4, -0.2) is 9.78 Å². The average molecular weight is 229 g/mol. The fourth-order valence-corrected chi connectivity index (χ4v) is 2.08. The fraction of sp³-hybridized carbons (Fsp3) is 0.357. The number of benzene rings is 1. The van der Waals surface area contributed by atoms with Crippen molar-refractivity contribution in [3.63, 3.8) is 0 Å². The molecule has 0 saturated heterocycles. The van der Waals surface area contributed by atoms with Crippen molar-refractivity contribution in [3.05, 3.63) is 46.8 Å². The zero-order valence-electron chi connectivity index (χ0n) is 10.9. The number of hydrogen-bond donors (Lipinski definition) is 1. The maximum atomic E-state index is 5.82. The second-order valence-electron chi connectivity index (χ2n) is 4.59. The number of hydrogen-bond acceptors (Lipinski definition) is 2. The molecule has 1 unspecified atom stereocenters. The molecule has 1 aromatic carbocycles. The Morgan fingerprint density at radius 2 is 1.94 bits per heavy atom. The maximum absolute atomic E-state index is 5.82. The zero-order valence-corrected chi connectivity index (χ0v) is 10.9. The smallest absolute Gasteiger partial charge is 0.0744 e. The van der Waals surface area contributed by atoms with Gasteiger partial charge in [0.25, 0.3) is 0 Å². The monoisotopic (exact) mass is 229 g/mol. The molecule has 90 valence electrons. The summed E-state index contributed by atoms with van der Waals surface area (Å²) < 4.78 is 2.07. The lowest BCUT2D eigenvalue weighted by molar-refractivity contribution is 0.546. The van der Waals surface area contributed by atoms with E-state index >= 15 is 0 Å². The highest BCUT2D eigenvalue weighted by Crippen LogP contribution is 2.23. The molecule has 3 heteroatoms. The Kier molecular flexibility index (Phi) is 2.92. The van der Waals surface area contributed by atoms with Gasteiger partial charge in [-0.15, -0.1) is 0 Å². The number of aryl methyl sites for hydroxylation is 1. The Labute approximate surface area is 102 Å². The molecular weight excluding hydrogens is 210 g/mol. The lowest BCUT2D eigenvalue weighted by atomic mass is 10.1. The highest BCUT2D eigenvalue weighted by Gasteiger charge is 2.14. The van der Waals surface area contributed by atoms with Crippen LogP contribution in [0.15, 0.2) is 24.3 Å². The van der Waals surface area contributed by atoms with Gasteiger partial charge in [-0.3, -0.25) is 4.68 Å². The minimum Gasteiger partial charge on any atom is -0.399 e. The first-order valence-corrected chi connectivity index (χ1v) is 5.88. The van der Waals surface area contributed by atoms with Crippen LogP contribution in [0.3, 0.4) is 0 Å². The summed E-state index contributed by atoms with van der Waals surface area (Å²) in [6.45, 7) is 8.41. The van der Waals surface area contributed by atoms with Crippen LogP contribution in [0.1, 0.15) is 35.5 Å². The molecule has 3 nitrogen and oxygen atoms in total. The molecule has 1 aromatic heterocycles. The van der Waals surface area contributed by atoms with Crippen LogP contribution in [-0.2, 0) is 0 Å². The van der Waals surface area contributed by atoms with Crippen LogP contribution in [0.4, 0.5) is 5.69 Å². The fourth-order valence-electron chi connectivity index (χ4n) is 2.08. The van der Waals surface area contributed by atoms with E-state index in [0.717, 1.165) is 11.4 Å². The molecule has 2 aromatic rings. The summed E-state index contributed by atoms with van der Waals surface area (Å²) >= 11 is 0. The van der Waals surface area contributed by atoms with Crippen molar-refractivity contribution < 1.29 is 0 Å². The van der Waals surface area contributed by atoms with Gasteiger partial charge in [0.05, 0.1) is 11.7 Å². The van der Waals surface area contributed by atoms with Gasteiger partial charge < -0.3 is 5.73 Å². The third kappa shape index (κ3) is 2.05. The predicted molar refractivity (Wildman–Crippen MR) is 71.1 cm³/mol. The predicted octanol–water partition coefficient (Wildman–Crippen LogP) is 3.00. The van der Waals surface area contributed by atoms with Crippen LogP contribution in [0.25, 0.3) is 0 Å². The summed E-state index contributed by atoms with van der Waals surface area (Å²) in [6, 6.07) is 8.21. The van der Waals surface area contributed by atoms with Crippen molar-refractivity contribution >= 4 is 5.69 Å². The molecule has 0 amide bonds. The molecule has 2 N–H and O–H groups in total. The van der Waals surface area contributed by atoms with Gasteiger partial charge in [0.1, 0.15) is 0 Å². The first-order valence-electron chi connectivity index (χ1n) is 5.88. The van der Waals surface area contributed by atoms with Crippen molar-refractivity contribution in [1.29, 1.82) is 0 Å². The summed E-state index contributed by atoms with van der Waals surface area (Å²) in [7, 11) is 0.